The molecule has 0 saturated heterocycles. The molecule has 19 heavy (non-hydrogen) atoms. The summed E-state index contributed by atoms with van der Waals surface area (Å²) in [5.41, 5.74) is 4.97. The molecule has 100 valence electrons. The second-order valence-corrected chi connectivity index (χ2v) is 4.78. The predicted molar refractivity (Wildman–Crippen MR) is 78.8 cm³/mol. The van der Waals surface area contributed by atoms with E-state index in [0.29, 0.717) is 5.56 Å². The molecular formula is C17H20O2. The van der Waals surface area contributed by atoms with E-state index in [1.807, 2.05) is 13.0 Å². The maximum atomic E-state index is 10.5. The zero-order chi connectivity index (χ0) is 14.4. The van der Waals surface area contributed by atoms with Gasteiger partial charge in [-0.15, -0.1) is 0 Å². The molecule has 2 nitrogen and oxygen atoms in total. The van der Waals surface area contributed by atoms with Crippen LogP contribution in [0, 0.1) is 27.7 Å². The summed E-state index contributed by atoms with van der Waals surface area (Å²) in [5, 5.41) is 8.66. The summed E-state index contributed by atoms with van der Waals surface area (Å²) in [6, 6.07) is 13.7. The van der Waals surface area contributed by atoms with Gasteiger partial charge in [0.25, 0.3) is 0 Å². The van der Waals surface area contributed by atoms with Crippen LogP contribution in [-0.4, -0.2) is 11.1 Å². The van der Waals surface area contributed by atoms with Gasteiger partial charge in [-0.2, -0.15) is 0 Å². The first-order valence-electron chi connectivity index (χ1n) is 6.24. The number of aromatic carboxylic acids is 1. The summed E-state index contributed by atoms with van der Waals surface area (Å²) < 4.78 is 0. The van der Waals surface area contributed by atoms with Gasteiger partial charge in [-0.1, -0.05) is 53.1 Å². The Kier molecular flexibility index (Phi) is 5.31. The van der Waals surface area contributed by atoms with Gasteiger partial charge in [0, 0.05) is 0 Å². The van der Waals surface area contributed by atoms with Gasteiger partial charge in [0.15, 0.2) is 0 Å². The summed E-state index contributed by atoms with van der Waals surface area (Å²) in [6.07, 6.45) is 0. The van der Waals surface area contributed by atoms with Crippen LogP contribution in [0.3, 0.4) is 0 Å². The number of rotatable bonds is 1. The lowest BCUT2D eigenvalue weighted by molar-refractivity contribution is 0.0696. The Morgan fingerprint density at radius 2 is 1.37 bits per heavy atom. The number of carboxylic acid groups (broad SMARTS) is 1. The van der Waals surface area contributed by atoms with Crippen molar-refractivity contribution in [3.63, 3.8) is 0 Å². The normalized spacial score (nSPS) is 9.47. The Hall–Kier alpha value is -2.09. The van der Waals surface area contributed by atoms with Gasteiger partial charge >= 0.3 is 5.97 Å². The minimum absolute atomic E-state index is 0.385. The van der Waals surface area contributed by atoms with E-state index in [2.05, 4.69) is 38.1 Å². The fourth-order valence-electron chi connectivity index (χ4n) is 1.86. The smallest absolute Gasteiger partial charge is 0.335 e. The van der Waals surface area contributed by atoms with Crippen LogP contribution in [0.5, 0.6) is 0 Å². The minimum atomic E-state index is -0.859. The zero-order valence-electron chi connectivity index (χ0n) is 11.9. The van der Waals surface area contributed by atoms with Gasteiger partial charge in [0.05, 0.1) is 5.56 Å². The quantitative estimate of drug-likeness (QED) is 0.825. The third-order valence-corrected chi connectivity index (χ3v) is 2.79. The van der Waals surface area contributed by atoms with Crippen molar-refractivity contribution >= 4 is 5.97 Å². The summed E-state index contributed by atoms with van der Waals surface area (Å²) in [5.74, 6) is -0.859. The first kappa shape index (κ1) is 15.0. The van der Waals surface area contributed by atoms with E-state index in [0.717, 1.165) is 11.1 Å². The molecular weight excluding hydrogens is 236 g/mol. The van der Waals surface area contributed by atoms with E-state index in [4.69, 9.17) is 5.11 Å². The molecule has 0 radical (unpaired) electrons. The molecule has 2 aromatic carbocycles. The van der Waals surface area contributed by atoms with Gasteiger partial charge < -0.3 is 5.11 Å². The second kappa shape index (κ2) is 6.74. The fraction of sp³-hybridized carbons (Fsp3) is 0.235. The number of carboxylic acids is 1. The molecule has 0 fully saturated rings. The first-order chi connectivity index (χ1) is 8.90. The van der Waals surface area contributed by atoms with Crippen LogP contribution in [0.2, 0.25) is 0 Å². The van der Waals surface area contributed by atoms with Crippen molar-refractivity contribution in [3.05, 3.63) is 70.3 Å². The number of hydrogen-bond acceptors (Lipinski definition) is 1. The molecule has 0 atom stereocenters. The predicted octanol–water partition coefficient (Wildman–Crippen LogP) is 4.31. The Balaban J connectivity index is 0.000000200. The van der Waals surface area contributed by atoms with Crippen molar-refractivity contribution in [1.29, 1.82) is 0 Å². The van der Waals surface area contributed by atoms with Crippen molar-refractivity contribution in [3.8, 4) is 0 Å². The average molecular weight is 256 g/mol. The van der Waals surface area contributed by atoms with Gasteiger partial charge in [0.1, 0.15) is 0 Å². The third-order valence-electron chi connectivity index (χ3n) is 2.79. The van der Waals surface area contributed by atoms with Gasteiger partial charge in [-0.25, -0.2) is 4.79 Å². The molecule has 0 unspecified atom stereocenters. The number of hydrogen-bond donors (Lipinski definition) is 1. The highest BCUT2D eigenvalue weighted by molar-refractivity contribution is 5.89. The second-order valence-electron chi connectivity index (χ2n) is 4.78. The van der Waals surface area contributed by atoms with Crippen LogP contribution in [0.4, 0.5) is 0 Å². The van der Waals surface area contributed by atoms with Crippen LogP contribution < -0.4 is 0 Å². The molecule has 2 rings (SSSR count). The molecule has 0 saturated carbocycles. The Bertz CT molecular complexity index is 554. The van der Waals surface area contributed by atoms with Crippen LogP contribution in [-0.2, 0) is 0 Å². The standard InChI is InChI=1S/C9H10O2.C8H10/c1-6-3-4-8(9(10)11)7(2)5-6;1-7-4-3-5-8(2)6-7/h3-5H,1-2H3,(H,10,11);3-6H,1-2H3. The van der Waals surface area contributed by atoms with E-state index in [1.54, 1.807) is 19.1 Å². The van der Waals surface area contributed by atoms with Crippen molar-refractivity contribution in [2.75, 3.05) is 0 Å². The van der Waals surface area contributed by atoms with E-state index in [9.17, 15) is 4.79 Å². The molecule has 0 heterocycles. The van der Waals surface area contributed by atoms with E-state index >= 15 is 0 Å². The van der Waals surface area contributed by atoms with Crippen LogP contribution in [0.1, 0.15) is 32.6 Å². The van der Waals surface area contributed by atoms with Crippen molar-refractivity contribution < 1.29 is 9.90 Å². The zero-order valence-corrected chi connectivity index (χ0v) is 11.9. The molecule has 0 aliphatic heterocycles. The molecule has 0 aliphatic carbocycles. The molecule has 0 spiro atoms. The lowest BCUT2D eigenvalue weighted by Gasteiger charge is -2.00. The lowest BCUT2D eigenvalue weighted by Crippen LogP contribution is -1.99. The maximum absolute atomic E-state index is 10.5. The SMILES string of the molecule is Cc1ccc(C(=O)O)c(C)c1.Cc1cccc(C)c1. The lowest BCUT2D eigenvalue weighted by atomic mass is 10.1. The number of aryl methyl sites for hydroxylation is 4. The largest absolute Gasteiger partial charge is 0.478 e. The topological polar surface area (TPSA) is 37.3 Å². The molecule has 2 aromatic rings. The van der Waals surface area contributed by atoms with Crippen molar-refractivity contribution in [2.24, 2.45) is 0 Å². The average Bonchev–Trinajstić information content (AvgIpc) is 2.28. The highest BCUT2D eigenvalue weighted by Crippen LogP contribution is 2.09. The van der Waals surface area contributed by atoms with Gasteiger partial charge in [0.2, 0.25) is 0 Å². The summed E-state index contributed by atoms with van der Waals surface area (Å²) in [7, 11) is 0. The Morgan fingerprint density at radius 3 is 1.74 bits per heavy atom. The molecule has 0 bridgehead atoms. The fourth-order valence-corrected chi connectivity index (χ4v) is 1.86. The summed E-state index contributed by atoms with van der Waals surface area (Å²) in [4.78, 5) is 10.5. The molecule has 0 aliphatic rings. The molecule has 1 N–H and O–H groups in total. The van der Waals surface area contributed by atoms with E-state index in [1.165, 1.54) is 11.1 Å². The third kappa shape index (κ3) is 4.96. The van der Waals surface area contributed by atoms with Crippen molar-refractivity contribution in [1.82, 2.24) is 0 Å². The number of carbonyl (C=O) groups is 1. The highest BCUT2D eigenvalue weighted by atomic mass is 16.4. The first-order valence-corrected chi connectivity index (χ1v) is 6.24. The van der Waals surface area contributed by atoms with E-state index in [-0.39, 0.29) is 0 Å². The molecule has 0 aromatic heterocycles. The monoisotopic (exact) mass is 256 g/mol. The van der Waals surface area contributed by atoms with Gasteiger partial charge in [-0.3, -0.25) is 0 Å². The van der Waals surface area contributed by atoms with E-state index < -0.39 is 5.97 Å². The molecule has 2 heteroatoms. The van der Waals surface area contributed by atoms with Crippen LogP contribution in [0.15, 0.2) is 42.5 Å². The summed E-state index contributed by atoms with van der Waals surface area (Å²) >= 11 is 0. The Morgan fingerprint density at radius 1 is 0.842 bits per heavy atom. The van der Waals surface area contributed by atoms with Gasteiger partial charge in [-0.05, 0) is 39.3 Å². The minimum Gasteiger partial charge on any atom is -0.478 e. The van der Waals surface area contributed by atoms with Crippen molar-refractivity contribution in [2.45, 2.75) is 27.7 Å². The van der Waals surface area contributed by atoms with Crippen LogP contribution in [0.25, 0.3) is 0 Å². The maximum Gasteiger partial charge on any atom is 0.335 e. The van der Waals surface area contributed by atoms with Crippen LogP contribution >= 0.6 is 0 Å². The summed E-state index contributed by atoms with van der Waals surface area (Å²) in [6.45, 7) is 7.95. The Labute approximate surface area is 114 Å². The highest BCUT2D eigenvalue weighted by Gasteiger charge is 2.04. The molecule has 0 amide bonds. The number of benzene rings is 2.